The average molecular weight is 257 g/mol. The molecule has 0 aromatic heterocycles. The Bertz CT molecular complexity index is 458. The zero-order valence-corrected chi connectivity index (χ0v) is 11.2. The van der Waals surface area contributed by atoms with Crippen molar-refractivity contribution < 1.29 is 4.79 Å². The summed E-state index contributed by atoms with van der Waals surface area (Å²) in [5.74, 6) is 0.157. The quantitative estimate of drug-likeness (QED) is 0.826. The highest BCUT2D eigenvalue weighted by Crippen LogP contribution is 2.09. The van der Waals surface area contributed by atoms with E-state index in [4.69, 9.17) is 5.26 Å². The Morgan fingerprint density at radius 2 is 1.89 bits per heavy atom. The fraction of sp³-hybridized carbons (Fsp3) is 0.467. The van der Waals surface area contributed by atoms with Crippen LogP contribution in [0.4, 0.5) is 0 Å². The largest absolute Gasteiger partial charge is 0.336 e. The lowest BCUT2D eigenvalue weighted by atomic mass is 10.1. The minimum atomic E-state index is 0.0522. The molecule has 0 bridgehead atoms. The lowest BCUT2D eigenvalue weighted by molar-refractivity contribution is 0.0629. The Morgan fingerprint density at radius 1 is 1.26 bits per heavy atom. The van der Waals surface area contributed by atoms with Crippen molar-refractivity contribution in [3.05, 3.63) is 35.9 Å². The van der Waals surface area contributed by atoms with Crippen LogP contribution in [-0.4, -0.2) is 48.4 Å². The van der Waals surface area contributed by atoms with Crippen molar-refractivity contribution in [2.75, 3.05) is 32.7 Å². The van der Waals surface area contributed by atoms with Crippen molar-refractivity contribution in [2.24, 2.45) is 5.92 Å². The molecule has 1 aliphatic rings. The van der Waals surface area contributed by atoms with Gasteiger partial charge >= 0.3 is 0 Å². The Balaban J connectivity index is 1.87. The van der Waals surface area contributed by atoms with E-state index in [1.807, 2.05) is 42.2 Å². The Labute approximate surface area is 114 Å². The van der Waals surface area contributed by atoms with E-state index < -0.39 is 0 Å². The fourth-order valence-corrected chi connectivity index (χ4v) is 2.32. The van der Waals surface area contributed by atoms with E-state index in [1.54, 1.807) is 0 Å². The summed E-state index contributed by atoms with van der Waals surface area (Å²) in [6, 6.07) is 11.6. The minimum Gasteiger partial charge on any atom is -0.336 e. The van der Waals surface area contributed by atoms with Crippen LogP contribution in [0.25, 0.3) is 0 Å². The second kappa shape index (κ2) is 6.35. The fourth-order valence-electron chi connectivity index (χ4n) is 2.32. The summed E-state index contributed by atoms with van der Waals surface area (Å²) in [4.78, 5) is 16.4. The third-order valence-electron chi connectivity index (χ3n) is 3.43. The van der Waals surface area contributed by atoms with Gasteiger partial charge in [-0.1, -0.05) is 18.2 Å². The molecule has 100 valence electrons. The molecule has 1 fully saturated rings. The van der Waals surface area contributed by atoms with Gasteiger partial charge < -0.3 is 4.90 Å². The average Bonchev–Trinajstić information content (AvgIpc) is 2.48. The number of piperazine rings is 1. The number of rotatable bonds is 3. The topological polar surface area (TPSA) is 47.3 Å². The second-order valence-electron chi connectivity index (χ2n) is 4.99. The van der Waals surface area contributed by atoms with Gasteiger partial charge in [0.1, 0.15) is 0 Å². The Hall–Kier alpha value is -1.86. The first-order chi connectivity index (χ1) is 9.20. The maximum Gasteiger partial charge on any atom is 0.253 e. The van der Waals surface area contributed by atoms with Crippen LogP contribution in [-0.2, 0) is 0 Å². The van der Waals surface area contributed by atoms with Gasteiger partial charge in [-0.15, -0.1) is 0 Å². The number of carbonyl (C=O) groups is 1. The molecule has 1 aliphatic heterocycles. The maximum absolute atomic E-state index is 12.2. The lowest BCUT2D eigenvalue weighted by Crippen LogP contribution is -2.49. The third kappa shape index (κ3) is 3.55. The molecule has 0 unspecified atom stereocenters. The number of carbonyl (C=O) groups excluding carboxylic acids is 1. The molecule has 1 saturated heterocycles. The van der Waals surface area contributed by atoms with Gasteiger partial charge in [-0.2, -0.15) is 5.26 Å². The highest BCUT2D eigenvalue weighted by Gasteiger charge is 2.22. The molecule has 1 heterocycles. The first-order valence-corrected chi connectivity index (χ1v) is 6.67. The molecule has 0 N–H and O–H groups in total. The molecular weight excluding hydrogens is 238 g/mol. The zero-order valence-electron chi connectivity index (χ0n) is 11.2. The van der Waals surface area contributed by atoms with Crippen LogP contribution in [0.15, 0.2) is 30.3 Å². The molecule has 1 amide bonds. The monoisotopic (exact) mass is 257 g/mol. The first-order valence-electron chi connectivity index (χ1n) is 6.67. The number of benzene rings is 1. The molecule has 4 heteroatoms. The van der Waals surface area contributed by atoms with Gasteiger partial charge in [0.2, 0.25) is 0 Å². The van der Waals surface area contributed by atoms with Crippen molar-refractivity contribution in [1.82, 2.24) is 9.80 Å². The Kier molecular flexibility index (Phi) is 4.53. The molecule has 1 aromatic carbocycles. The van der Waals surface area contributed by atoms with Gasteiger partial charge in [0, 0.05) is 38.3 Å². The molecule has 19 heavy (non-hydrogen) atoms. The van der Waals surface area contributed by atoms with Gasteiger partial charge in [-0.3, -0.25) is 9.69 Å². The number of nitrogens with zero attached hydrogens (tertiary/aromatic N) is 3. The van der Waals surface area contributed by atoms with Gasteiger partial charge in [-0.05, 0) is 19.1 Å². The summed E-state index contributed by atoms with van der Waals surface area (Å²) in [5, 5.41) is 8.81. The molecule has 2 rings (SSSR count). The molecule has 1 aromatic rings. The zero-order chi connectivity index (χ0) is 13.7. The molecule has 4 nitrogen and oxygen atoms in total. The summed E-state index contributed by atoms with van der Waals surface area (Å²) in [7, 11) is 0. The number of hydrogen-bond donors (Lipinski definition) is 0. The predicted octanol–water partition coefficient (Wildman–Crippen LogP) is 1.60. The van der Waals surface area contributed by atoms with E-state index in [-0.39, 0.29) is 11.8 Å². The summed E-state index contributed by atoms with van der Waals surface area (Å²) in [6.45, 7) is 5.91. The van der Waals surface area contributed by atoms with Crippen LogP contribution in [0.1, 0.15) is 17.3 Å². The second-order valence-corrected chi connectivity index (χ2v) is 4.99. The standard InChI is InChI=1S/C15H19N3O/c1-13(11-16)12-17-7-9-18(10-8-17)15(19)14-5-3-2-4-6-14/h2-6,13H,7-10,12H2,1H3/t13-/m0/s1. The third-order valence-corrected chi connectivity index (χ3v) is 3.43. The summed E-state index contributed by atoms with van der Waals surface area (Å²) in [5.41, 5.74) is 0.751. The van der Waals surface area contributed by atoms with E-state index in [9.17, 15) is 4.79 Å². The van der Waals surface area contributed by atoms with Crippen LogP contribution < -0.4 is 0 Å². The maximum atomic E-state index is 12.2. The van der Waals surface area contributed by atoms with E-state index in [1.165, 1.54) is 0 Å². The van der Waals surface area contributed by atoms with Crippen molar-refractivity contribution in [3.8, 4) is 6.07 Å². The Morgan fingerprint density at radius 3 is 2.47 bits per heavy atom. The first kappa shape index (κ1) is 13.6. The normalized spacial score (nSPS) is 17.8. The van der Waals surface area contributed by atoms with E-state index in [2.05, 4.69) is 11.0 Å². The van der Waals surface area contributed by atoms with Crippen LogP contribution in [0.2, 0.25) is 0 Å². The predicted molar refractivity (Wildman–Crippen MR) is 73.6 cm³/mol. The summed E-state index contributed by atoms with van der Waals surface area (Å²) >= 11 is 0. The van der Waals surface area contributed by atoms with Crippen LogP contribution in [0.3, 0.4) is 0 Å². The van der Waals surface area contributed by atoms with Crippen molar-refractivity contribution >= 4 is 5.91 Å². The molecule has 0 aliphatic carbocycles. The van der Waals surface area contributed by atoms with Gasteiger partial charge in [0.25, 0.3) is 5.91 Å². The van der Waals surface area contributed by atoms with Crippen LogP contribution in [0, 0.1) is 17.2 Å². The van der Waals surface area contributed by atoms with Crippen molar-refractivity contribution in [1.29, 1.82) is 5.26 Å². The summed E-state index contributed by atoms with van der Waals surface area (Å²) in [6.07, 6.45) is 0. The molecule has 1 atom stereocenters. The highest BCUT2D eigenvalue weighted by molar-refractivity contribution is 5.94. The SMILES string of the molecule is C[C@@H](C#N)CN1CCN(C(=O)c2ccccc2)CC1. The smallest absolute Gasteiger partial charge is 0.253 e. The minimum absolute atomic E-state index is 0.0522. The van der Waals surface area contributed by atoms with Gasteiger partial charge in [-0.25, -0.2) is 0 Å². The van der Waals surface area contributed by atoms with Crippen LogP contribution in [0.5, 0.6) is 0 Å². The summed E-state index contributed by atoms with van der Waals surface area (Å²) < 4.78 is 0. The highest BCUT2D eigenvalue weighted by atomic mass is 16.2. The number of nitriles is 1. The number of hydrogen-bond acceptors (Lipinski definition) is 3. The van der Waals surface area contributed by atoms with Crippen LogP contribution >= 0.6 is 0 Å². The van der Waals surface area contributed by atoms with E-state index in [0.717, 1.165) is 38.3 Å². The number of amides is 1. The molecule has 0 radical (unpaired) electrons. The van der Waals surface area contributed by atoms with E-state index >= 15 is 0 Å². The molecular formula is C15H19N3O. The molecule has 0 spiro atoms. The molecule has 0 saturated carbocycles. The van der Waals surface area contributed by atoms with Crippen molar-refractivity contribution in [2.45, 2.75) is 6.92 Å². The van der Waals surface area contributed by atoms with E-state index in [0.29, 0.717) is 0 Å². The van der Waals surface area contributed by atoms with Gasteiger partial charge in [0.15, 0.2) is 0 Å². The lowest BCUT2D eigenvalue weighted by Gasteiger charge is -2.35. The van der Waals surface area contributed by atoms with Crippen molar-refractivity contribution in [3.63, 3.8) is 0 Å². The van der Waals surface area contributed by atoms with Gasteiger partial charge in [0.05, 0.1) is 12.0 Å².